The topological polar surface area (TPSA) is 86.2 Å². The Morgan fingerprint density at radius 1 is 1.53 bits per heavy atom. The highest BCUT2D eigenvalue weighted by molar-refractivity contribution is 5.95. The Hall–Kier alpha value is -2.29. The van der Waals surface area contributed by atoms with Crippen molar-refractivity contribution in [2.24, 2.45) is 0 Å². The number of ether oxygens (including phenoxy) is 1. The van der Waals surface area contributed by atoms with Crippen LogP contribution in [0.3, 0.4) is 0 Å². The van der Waals surface area contributed by atoms with Gasteiger partial charge in [-0.1, -0.05) is 0 Å². The van der Waals surface area contributed by atoms with E-state index in [4.69, 9.17) is 10.00 Å². The largest absolute Gasteiger partial charge is 0.462 e. The Labute approximate surface area is 110 Å². The summed E-state index contributed by atoms with van der Waals surface area (Å²) in [6, 6.07) is 3.09. The van der Waals surface area contributed by atoms with Crippen LogP contribution >= 0.6 is 0 Å². The molecule has 100 valence electrons. The maximum absolute atomic E-state index is 11.9. The number of rotatable bonds is 3. The summed E-state index contributed by atoms with van der Waals surface area (Å²) >= 11 is 0. The Morgan fingerprint density at radius 2 is 2.21 bits per heavy atom. The molecule has 0 saturated carbocycles. The molecule has 0 atom stereocenters. The number of hydrogen-bond donors (Lipinski definition) is 1. The molecule has 2 rings (SSSR count). The van der Waals surface area contributed by atoms with Gasteiger partial charge in [-0.15, -0.1) is 0 Å². The van der Waals surface area contributed by atoms with Crippen molar-refractivity contribution in [1.29, 1.82) is 5.26 Å². The lowest BCUT2D eigenvalue weighted by Crippen LogP contribution is -2.27. The number of hydrogen-bond acceptors (Lipinski definition) is 5. The second-order valence-electron chi connectivity index (χ2n) is 4.30. The SMILES string of the molecule is CCOC(=O)c1cc(C#N)c(=O)[nH]c1N1CCCC1. The molecule has 0 unspecified atom stereocenters. The number of esters is 1. The van der Waals surface area contributed by atoms with E-state index in [9.17, 15) is 9.59 Å². The second-order valence-corrected chi connectivity index (χ2v) is 4.30. The van der Waals surface area contributed by atoms with Crippen LogP contribution in [0, 0.1) is 11.3 Å². The van der Waals surface area contributed by atoms with Gasteiger partial charge < -0.3 is 14.6 Å². The first-order valence-corrected chi connectivity index (χ1v) is 6.27. The summed E-state index contributed by atoms with van der Waals surface area (Å²) < 4.78 is 4.97. The fourth-order valence-corrected chi connectivity index (χ4v) is 2.16. The second kappa shape index (κ2) is 5.57. The van der Waals surface area contributed by atoms with Gasteiger partial charge in [-0.2, -0.15) is 5.26 Å². The van der Waals surface area contributed by atoms with Crippen molar-refractivity contribution >= 4 is 11.8 Å². The zero-order valence-corrected chi connectivity index (χ0v) is 10.7. The summed E-state index contributed by atoms with van der Waals surface area (Å²) in [5.41, 5.74) is -0.302. The van der Waals surface area contributed by atoms with E-state index in [2.05, 4.69) is 4.98 Å². The summed E-state index contributed by atoms with van der Waals surface area (Å²) in [5.74, 6) is -0.0582. The highest BCUT2D eigenvalue weighted by Crippen LogP contribution is 2.22. The number of aromatic amines is 1. The summed E-state index contributed by atoms with van der Waals surface area (Å²) in [4.78, 5) is 28.2. The molecule has 0 spiro atoms. The monoisotopic (exact) mass is 261 g/mol. The highest BCUT2D eigenvalue weighted by Gasteiger charge is 2.22. The molecule has 1 fully saturated rings. The number of anilines is 1. The molecular formula is C13H15N3O3. The van der Waals surface area contributed by atoms with E-state index >= 15 is 0 Å². The van der Waals surface area contributed by atoms with Gasteiger partial charge in [0.05, 0.1) is 6.61 Å². The van der Waals surface area contributed by atoms with Gasteiger partial charge in [0.15, 0.2) is 0 Å². The standard InChI is InChI=1S/C13H15N3O3/c1-2-19-13(18)10-7-9(8-14)12(17)15-11(10)16-5-3-4-6-16/h7H,2-6H2,1H3,(H,15,17). The number of H-pyrrole nitrogens is 1. The van der Waals surface area contributed by atoms with Crippen LogP contribution in [0.1, 0.15) is 35.7 Å². The molecule has 0 bridgehead atoms. The van der Waals surface area contributed by atoms with Gasteiger partial charge in [0.2, 0.25) is 0 Å². The molecule has 6 nitrogen and oxygen atoms in total. The van der Waals surface area contributed by atoms with Gasteiger partial charge in [0, 0.05) is 13.1 Å². The minimum atomic E-state index is -0.517. The third-order valence-electron chi connectivity index (χ3n) is 3.06. The average Bonchev–Trinajstić information content (AvgIpc) is 2.92. The van der Waals surface area contributed by atoms with Crippen LogP contribution in [0.25, 0.3) is 0 Å². The van der Waals surface area contributed by atoms with Crippen LogP contribution in [0.15, 0.2) is 10.9 Å². The summed E-state index contributed by atoms with van der Waals surface area (Å²) in [5, 5.41) is 8.88. The molecular weight excluding hydrogens is 246 g/mol. The first-order valence-electron chi connectivity index (χ1n) is 6.27. The molecule has 6 heteroatoms. The third-order valence-corrected chi connectivity index (χ3v) is 3.06. The zero-order chi connectivity index (χ0) is 13.8. The Morgan fingerprint density at radius 3 is 2.79 bits per heavy atom. The number of pyridine rings is 1. The molecule has 1 aliphatic rings. The van der Waals surface area contributed by atoms with Crippen molar-refractivity contribution in [1.82, 2.24) is 4.98 Å². The number of carbonyl (C=O) groups is 1. The molecule has 1 aromatic heterocycles. The highest BCUT2D eigenvalue weighted by atomic mass is 16.5. The van der Waals surface area contributed by atoms with E-state index in [1.165, 1.54) is 6.07 Å². The van der Waals surface area contributed by atoms with Crippen LogP contribution < -0.4 is 10.5 Å². The van der Waals surface area contributed by atoms with Gasteiger partial charge >= 0.3 is 5.97 Å². The maximum atomic E-state index is 11.9. The van der Waals surface area contributed by atoms with E-state index in [0.717, 1.165) is 25.9 Å². The third kappa shape index (κ3) is 2.60. The Balaban J connectivity index is 2.50. The zero-order valence-electron chi connectivity index (χ0n) is 10.7. The minimum Gasteiger partial charge on any atom is -0.462 e. The fraction of sp³-hybridized carbons (Fsp3) is 0.462. The van der Waals surface area contributed by atoms with Gasteiger partial charge in [-0.25, -0.2) is 4.79 Å². The molecule has 0 amide bonds. The van der Waals surface area contributed by atoms with Gasteiger partial charge in [-0.05, 0) is 25.8 Å². The minimum absolute atomic E-state index is 0.0778. The van der Waals surface area contributed by atoms with E-state index in [0.29, 0.717) is 5.82 Å². The van der Waals surface area contributed by atoms with E-state index in [-0.39, 0.29) is 17.7 Å². The summed E-state index contributed by atoms with van der Waals surface area (Å²) in [7, 11) is 0. The van der Waals surface area contributed by atoms with Gasteiger partial charge in [-0.3, -0.25) is 4.79 Å². The molecule has 0 radical (unpaired) electrons. The molecule has 19 heavy (non-hydrogen) atoms. The summed E-state index contributed by atoms with van der Waals surface area (Å²) in [6.07, 6.45) is 2.04. The lowest BCUT2D eigenvalue weighted by molar-refractivity contribution is 0.0526. The van der Waals surface area contributed by atoms with Crippen LogP contribution in [0.4, 0.5) is 5.82 Å². The number of nitrogens with zero attached hydrogens (tertiary/aromatic N) is 2. The number of nitrogens with one attached hydrogen (secondary N) is 1. The van der Waals surface area contributed by atoms with Crippen LogP contribution in [-0.4, -0.2) is 30.6 Å². The predicted molar refractivity (Wildman–Crippen MR) is 69.2 cm³/mol. The van der Waals surface area contributed by atoms with Crippen molar-refractivity contribution < 1.29 is 9.53 Å². The van der Waals surface area contributed by atoms with Crippen molar-refractivity contribution in [2.45, 2.75) is 19.8 Å². The number of aromatic nitrogens is 1. The molecule has 1 N–H and O–H groups in total. The summed E-state index contributed by atoms with van der Waals surface area (Å²) in [6.45, 7) is 3.53. The van der Waals surface area contributed by atoms with Crippen LogP contribution in [-0.2, 0) is 4.74 Å². The predicted octanol–water partition coefficient (Wildman–Crippen LogP) is 1.02. The molecule has 1 saturated heterocycles. The lowest BCUT2D eigenvalue weighted by atomic mass is 10.2. The van der Waals surface area contributed by atoms with Crippen LogP contribution in [0.2, 0.25) is 0 Å². The Bertz CT molecular complexity index is 580. The molecule has 1 aliphatic heterocycles. The quantitative estimate of drug-likeness (QED) is 0.821. The first kappa shape index (κ1) is 13.1. The average molecular weight is 261 g/mol. The van der Waals surface area contributed by atoms with Crippen molar-refractivity contribution in [3.8, 4) is 6.07 Å². The van der Waals surface area contributed by atoms with Gasteiger partial charge in [0.1, 0.15) is 23.0 Å². The lowest BCUT2D eigenvalue weighted by Gasteiger charge is -2.19. The van der Waals surface area contributed by atoms with Crippen molar-refractivity contribution in [2.75, 3.05) is 24.6 Å². The molecule has 1 aromatic rings. The first-order chi connectivity index (χ1) is 9.17. The smallest absolute Gasteiger partial charge is 0.341 e. The molecule has 0 aliphatic carbocycles. The van der Waals surface area contributed by atoms with Crippen LogP contribution in [0.5, 0.6) is 0 Å². The van der Waals surface area contributed by atoms with Gasteiger partial charge in [0.25, 0.3) is 5.56 Å². The van der Waals surface area contributed by atoms with E-state index < -0.39 is 11.5 Å². The maximum Gasteiger partial charge on any atom is 0.341 e. The number of nitriles is 1. The van der Waals surface area contributed by atoms with Crippen molar-refractivity contribution in [3.63, 3.8) is 0 Å². The molecule has 0 aromatic carbocycles. The fourth-order valence-electron chi connectivity index (χ4n) is 2.16. The molecule has 2 heterocycles. The van der Waals surface area contributed by atoms with Crippen molar-refractivity contribution in [3.05, 3.63) is 27.5 Å². The normalized spacial score (nSPS) is 14.2. The van der Waals surface area contributed by atoms with E-state index in [1.807, 2.05) is 4.90 Å². The number of carbonyl (C=O) groups excluding carboxylic acids is 1. The Kier molecular flexibility index (Phi) is 3.85. The van der Waals surface area contributed by atoms with E-state index in [1.54, 1.807) is 13.0 Å².